The first-order valence-corrected chi connectivity index (χ1v) is 6.04. The van der Waals surface area contributed by atoms with Gasteiger partial charge in [-0.05, 0) is 6.07 Å². The molecule has 8 heteroatoms. The maximum absolute atomic E-state index is 11.9. The zero-order chi connectivity index (χ0) is 13.6. The predicted molar refractivity (Wildman–Crippen MR) is 68.6 cm³/mol. The van der Waals surface area contributed by atoms with Gasteiger partial charge in [0, 0.05) is 19.2 Å². The van der Waals surface area contributed by atoms with Crippen molar-refractivity contribution in [3.8, 4) is 0 Å². The second-order valence-electron chi connectivity index (χ2n) is 4.36. The van der Waals surface area contributed by atoms with Crippen molar-refractivity contribution in [1.29, 1.82) is 0 Å². The summed E-state index contributed by atoms with van der Waals surface area (Å²) in [7, 11) is 0. The van der Waals surface area contributed by atoms with Crippen LogP contribution in [0.25, 0.3) is 11.0 Å². The zero-order valence-electron chi connectivity index (χ0n) is 9.76. The third-order valence-corrected chi connectivity index (χ3v) is 3.41. The molecule has 98 valence electrons. The van der Waals surface area contributed by atoms with Crippen molar-refractivity contribution >= 4 is 40.4 Å². The van der Waals surface area contributed by atoms with E-state index in [2.05, 4.69) is 15.0 Å². The van der Waals surface area contributed by atoms with Gasteiger partial charge in [0.15, 0.2) is 0 Å². The number of nitrogens with zero attached hydrogens (tertiary/aromatic N) is 3. The second-order valence-corrected chi connectivity index (χ2v) is 4.72. The topological polar surface area (TPSA) is 105 Å². The highest BCUT2D eigenvalue weighted by molar-refractivity contribution is 6.34. The van der Waals surface area contributed by atoms with Crippen LogP contribution in [0.2, 0.25) is 5.15 Å². The molecule has 0 aliphatic carbocycles. The third-order valence-electron chi connectivity index (χ3n) is 3.13. The van der Waals surface area contributed by atoms with Gasteiger partial charge in [0.25, 0.3) is 0 Å². The smallest absolute Gasteiger partial charge is 0.235 e. The first-order valence-electron chi connectivity index (χ1n) is 5.66. The summed E-state index contributed by atoms with van der Waals surface area (Å²) < 4.78 is 0. The Bertz CT molecular complexity index is 683. The van der Waals surface area contributed by atoms with Crippen molar-refractivity contribution in [3.63, 3.8) is 0 Å². The molecule has 1 aliphatic heterocycles. The molecular formula is C11H10ClN5O2. The highest BCUT2D eigenvalue weighted by atomic mass is 35.5. The Morgan fingerprint density at radius 3 is 3.00 bits per heavy atom. The molecule has 2 aromatic rings. The van der Waals surface area contributed by atoms with Crippen LogP contribution in [-0.2, 0) is 9.59 Å². The summed E-state index contributed by atoms with van der Waals surface area (Å²) >= 11 is 6.03. The maximum atomic E-state index is 11.9. The quantitative estimate of drug-likeness (QED) is 0.779. The summed E-state index contributed by atoms with van der Waals surface area (Å²) in [6.45, 7) is 0.191. The summed E-state index contributed by atoms with van der Waals surface area (Å²) in [5.41, 5.74) is 5.76. The molecule has 3 heterocycles. The Kier molecular flexibility index (Phi) is 2.63. The lowest BCUT2D eigenvalue weighted by molar-refractivity contribution is -0.123. The van der Waals surface area contributed by atoms with E-state index in [0.717, 1.165) is 0 Å². The molecule has 19 heavy (non-hydrogen) atoms. The number of carbonyl (C=O) groups is 2. The van der Waals surface area contributed by atoms with Crippen molar-refractivity contribution in [3.05, 3.63) is 17.4 Å². The molecule has 0 spiro atoms. The summed E-state index contributed by atoms with van der Waals surface area (Å²) in [5, 5.41) is 0.945. The molecule has 2 aromatic heterocycles. The highest BCUT2D eigenvalue weighted by Gasteiger charge is 2.35. The largest absolute Gasteiger partial charge is 0.369 e. The molecule has 1 aliphatic rings. The standard InChI is InChI=1S/C11H10ClN5O2/c12-8-6-1-2-14-10(6)16-11(15-8)17-4-5(9(13)19)3-7(17)18/h1-2,5H,3-4H2,(H2,13,19)(H,14,15,16). The Hall–Kier alpha value is -2.15. The molecule has 1 fully saturated rings. The number of hydrogen-bond acceptors (Lipinski definition) is 4. The molecule has 0 bridgehead atoms. The van der Waals surface area contributed by atoms with Crippen molar-refractivity contribution in [2.24, 2.45) is 11.7 Å². The Morgan fingerprint density at radius 1 is 1.53 bits per heavy atom. The molecule has 1 saturated heterocycles. The number of rotatable bonds is 2. The van der Waals surface area contributed by atoms with Crippen LogP contribution in [-0.4, -0.2) is 33.3 Å². The molecule has 2 amide bonds. The SMILES string of the molecule is NC(=O)C1CC(=O)N(c2nc(Cl)c3cc[nH]c3n2)C1. The van der Waals surface area contributed by atoms with Gasteiger partial charge in [0.1, 0.15) is 10.8 Å². The minimum Gasteiger partial charge on any atom is -0.369 e. The number of halogens is 1. The number of nitrogens with two attached hydrogens (primary N) is 1. The first-order chi connectivity index (χ1) is 9.06. The lowest BCUT2D eigenvalue weighted by Gasteiger charge is -2.13. The molecule has 0 aromatic carbocycles. The van der Waals surface area contributed by atoms with E-state index in [1.165, 1.54) is 4.90 Å². The molecule has 0 saturated carbocycles. The molecule has 1 atom stereocenters. The average molecular weight is 280 g/mol. The van der Waals surface area contributed by atoms with Gasteiger partial charge in [-0.1, -0.05) is 11.6 Å². The fourth-order valence-electron chi connectivity index (χ4n) is 2.10. The first kappa shape index (κ1) is 11.9. The van der Waals surface area contributed by atoms with Crippen LogP contribution in [0, 0.1) is 5.92 Å². The minimum atomic E-state index is -0.505. The van der Waals surface area contributed by atoms with Crippen LogP contribution < -0.4 is 10.6 Å². The molecule has 7 nitrogen and oxygen atoms in total. The van der Waals surface area contributed by atoms with Gasteiger partial charge in [-0.25, -0.2) is 0 Å². The van der Waals surface area contributed by atoms with Crippen molar-refractivity contribution in [1.82, 2.24) is 15.0 Å². The Labute approximate surface area is 112 Å². The van der Waals surface area contributed by atoms with Gasteiger partial charge in [0.05, 0.1) is 11.3 Å². The number of H-pyrrole nitrogens is 1. The number of carbonyl (C=O) groups excluding carboxylic acids is 2. The maximum Gasteiger partial charge on any atom is 0.235 e. The van der Waals surface area contributed by atoms with Crippen molar-refractivity contribution in [2.45, 2.75) is 6.42 Å². The predicted octanol–water partition coefficient (Wildman–Crippen LogP) is 0.449. The van der Waals surface area contributed by atoms with Gasteiger partial charge in [-0.2, -0.15) is 9.97 Å². The van der Waals surface area contributed by atoms with Gasteiger partial charge in [0.2, 0.25) is 17.8 Å². The van der Waals surface area contributed by atoms with Crippen LogP contribution in [0.1, 0.15) is 6.42 Å². The Balaban J connectivity index is 2.00. The number of fused-ring (bicyclic) bond motifs is 1. The number of nitrogens with one attached hydrogen (secondary N) is 1. The van der Waals surface area contributed by atoms with Gasteiger partial charge < -0.3 is 10.7 Å². The molecule has 3 N–H and O–H groups in total. The molecule has 0 radical (unpaired) electrons. The average Bonchev–Trinajstić information content (AvgIpc) is 2.95. The fourth-order valence-corrected chi connectivity index (χ4v) is 2.33. The third kappa shape index (κ3) is 1.91. The molecule has 1 unspecified atom stereocenters. The lowest BCUT2D eigenvalue weighted by Crippen LogP contribution is -2.29. The molecular weight excluding hydrogens is 270 g/mol. The van der Waals surface area contributed by atoms with E-state index >= 15 is 0 Å². The highest BCUT2D eigenvalue weighted by Crippen LogP contribution is 2.26. The molecule has 3 rings (SSSR count). The fraction of sp³-hybridized carbons (Fsp3) is 0.273. The minimum absolute atomic E-state index is 0.0824. The summed E-state index contributed by atoms with van der Waals surface area (Å²) in [6.07, 6.45) is 1.77. The number of aromatic amines is 1. The summed E-state index contributed by atoms with van der Waals surface area (Å²) in [4.78, 5) is 35.5. The number of amides is 2. The van der Waals surface area contributed by atoms with Crippen LogP contribution >= 0.6 is 11.6 Å². The van der Waals surface area contributed by atoms with Gasteiger partial charge in [-0.3, -0.25) is 14.5 Å². The van der Waals surface area contributed by atoms with Crippen molar-refractivity contribution < 1.29 is 9.59 Å². The van der Waals surface area contributed by atoms with Gasteiger partial charge in [-0.15, -0.1) is 0 Å². The Morgan fingerprint density at radius 2 is 2.32 bits per heavy atom. The number of anilines is 1. The van der Waals surface area contributed by atoms with Crippen LogP contribution in [0.15, 0.2) is 12.3 Å². The number of primary amides is 1. The van der Waals surface area contributed by atoms with E-state index in [9.17, 15) is 9.59 Å². The van der Waals surface area contributed by atoms with Gasteiger partial charge >= 0.3 is 0 Å². The number of aromatic nitrogens is 3. The van der Waals surface area contributed by atoms with Crippen LogP contribution in [0.5, 0.6) is 0 Å². The van der Waals surface area contributed by atoms with E-state index in [1.54, 1.807) is 12.3 Å². The monoisotopic (exact) mass is 279 g/mol. The lowest BCUT2D eigenvalue weighted by atomic mass is 10.1. The van der Waals surface area contributed by atoms with E-state index in [1.807, 2.05) is 0 Å². The van der Waals surface area contributed by atoms with Crippen LogP contribution in [0.4, 0.5) is 5.95 Å². The normalized spacial score (nSPS) is 19.3. The number of hydrogen-bond donors (Lipinski definition) is 2. The summed E-state index contributed by atoms with van der Waals surface area (Å²) in [5.74, 6) is -1.04. The second kappa shape index (κ2) is 4.20. The van der Waals surface area contributed by atoms with E-state index < -0.39 is 11.8 Å². The van der Waals surface area contributed by atoms with E-state index in [4.69, 9.17) is 17.3 Å². The van der Waals surface area contributed by atoms with E-state index in [0.29, 0.717) is 11.0 Å². The van der Waals surface area contributed by atoms with E-state index in [-0.39, 0.29) is 30.0 Å². The zero-order valence-corrected chi connectivity index (χ0v) is 10.5. The van der Waals surface area contributed by atoms with Crippen molar-refractivity contribution in [2.75, 3.05) is 11.4 Å². The van der Waals surface area contributed by atoms with Crippen LogP contribution in [0.3, 0.4) is 0 Å². The summed E-state index contributed by atoms with van der Waals surface area (Å²) in [6, 6.07) is 1.75.